The normalized spacial score (nSPS) is 24.9. The van der Waals surface area contributed by atoms with E-state index in [-0.39, 0.29) is 17.4 Å². The van der Waals surface area contributed by atoms with E-state index in [0.717, 1.165) is 52.4 Å². The van der Waals surface area contributed by atoms with Crippen molar-refractivity contribution in [2.24, 2.45) is 15.6 Å². The molecular formula is C28H33N5O. The molecule has 0 bridgehead atoms. The van der Waals surface area contributed by atoms with Crippen LogP contribution >= 0.6 is 0 Å². The Morgan fingerprint density at radius 2 is 1.94 bits per heavy atom. The van der Waals surface area contributed by atoms with E-state index in [1.54, 1.807) is 0 Å². The maximum absolute atomic E-state index is 13.7. The molecule has 0 spiro atoms. The number of benzene rings is 1. The Morgan fingerprint density at radius 1 is 1.15 bits per heavy atom. The van der Waals surface area contributed by atoms with Crippen LogP contribution in [0.3, 0.4) is 0 Å². The molecule has 0 radical (unpaired) electrons. The number of ketones is 1. The molecule has 2 aromatic rings. The summed E-state index contributed by atoms with van der Waals surface area (Å²) in [4.78, 5) is 20.6. The predicted molar refractivity (Wildman–Crippen MR) is 135 cm³/mol. The second-order valence-electron chi connectivity index (χ2n) is 10.7. The van der Waals surface area contributed by atoms with Gasteiger partial charge < -0.3 is 10.2 Å². The van der Waals surface area contributed by atoms with Crippen LogP contribution in [0.1, 0.15) is 56.9 Å². The van der Waals surface area contributed by atoms with Crippen LogP contribution in [0.5, 0.6) is 0 Å². The number of anilines is 2. The summed E-state index contributed by atoms with van der Waals surface area (Å²) in [6.07, 6.45) is 3.79. The first-order chi connectivity index (χ1) is 16.1. The fourth-order valence-corrected chi connectivity index (χ4v) is 5.99. The Morgan fingerprint density at radius 3 is 2.68 bits per heavy atom. The van der Waals surface area contributed by atoms with Gasteiger partial charge in [-0.15, -0.1) is 0 Å². The maximum Gasteiger partial charge on any atom is 0.164 e. The van der Waals surface area contributed by atoms with Gasteiger partial charge in [0.15, 0.2) is 11.9 Å². The summed E-state index contributed by atoms with van der Waals surface area (Å²) < 4.78 is 0. The zero-order chi connectivity index (χ0) is 24.3. The van der Waals surface area contributed by atoms with Crippen LogP contribution in [0.25, 0.3) is 0 Å². The Bertz CT molecular complexity index is 1250. The van der Waals surface area contributed by atoms with E-state index in [1.807, 2.05) is 20.2 Å². The molecule has 3 aliphatic rings. The molecule has 1 aromatic carbocycles. The molecule has 5 rings (SSSR count). The highest BCUT2D eigenvalue weighted by Gasteiger charge is 2.53. The molecule has 6 heteroatoms. The van der Waals surface area contributed by atoms with E-state index >= 15 is 0 Å². The second-order valence-corrected chi connectivity index (χ2v) is 10.7. The van der Waals surface area contributed by atoms with Gasteiger partial charge in [-0.25, -0.2) is 4.98 Å². The number of carbonyl (C=O) groups is 1. The molecule has 176 valence electrons. The second kappa shape index (κ2) is 7.90. The number of hydrogen-bond donors (Lipinski definition) is 1. The number of allylic oxidation sites excluding steroid dienone is 2. The topological polar surface area (TPSA) is 70.0 Å². The summed E-state index contributed by atoms with van der Waals surface area (Å²) in [5, 5.41) is 12.3. The van der Waals surface area contributed by atoms with Crippen molar-refractivity contribution < 1.29 is 4.79 Å². The van der Waals surface area contributed by atoms with Crippen LogP contribution in [0.4, 0.5) is 11.5 Å². The number of nitrogens with zero attached hydrogens (tertiary/aromatic N) is 4. The molecule has 2 aliphatic heterocycles. The number of nitrogens with one attached hydrogen (secondary N) is 1. The Labute approximate surface area is 201 Å². The number of aryl methyl sites for hydroxylation is 2. The van der Waals surface area contributed by atoms with Crippen molar-refractivity contribution in [2.75, 3.05) is 11.9 Å². The quantitative estimate of drug-likeness (QED) is 0.610. The summed E-state index contributed by atoms with van der Waals surface area (Å²) in [5.41, 5.74) is 6.69. The largest absolute Gasteiger partial charge is 0.362 e. The van der Waals surface area contributed by atoms with E-state index in [9.17, 15) is 4.79 Å². The minimum absolute atomic E-state index is 0.0733. The van der Waals surface area contributed by atoms with Crippen LogP contribution in [0.2, 0.25) is 0 Å². The number of carbonyl (C=O) groups excluding carboxylic acids is 1. The first-order valence-electron chi connectivity index (χ1n) is 12.1. The summed E-state index contributed by atoms with van der Waals surface area (Å²) in [7, 11) is 2.04. The van der Waals surface area contributed by atoms with Crippen LogP contribution in [0.15, 0.2) is 69.7 Å². The molecule has 1 N–H and O–H groups in total. The lowest BCUT2D eigenvalue weighted by Gasteiger charge is -2.48. The molecule has 1 aromatic heterocycles. The number of fused-ring (bicyclic) bond motifs is 1. The third-order valence-corrected chi connectivity index (χ3v) is 7.46. The molecule has 0 saturated carbocycles. The third kappa shape index (κ3) is 3.47. The molecule has 0 fully saturated rings. The lowest BCUT2D eigenvalue weighted by atomic mass is 9.59. The fourth-order valence-electron chi connectivity index (χ4n) is 5.99. The molecule has 6 nitrogen and oxygen atoms in total. The molecular weight excluding hydrogens is 422 g/mol. The Balaban J connectivity index is 1.67. The van der Waals surface area contributed by atoms with Crippen molar-refractivity contribution >= 4 is 17.3 Å². The van der Waals surface area contributed by atoms with E-state index in [2.05, 4.69) is 84.5 Å². The number of hydrogen-bond acceptors (Lipinski definition) is 6. The van der Waals surface area contributed by atoms with Crippen LogP contribution < -0.4 is 10.2 Å². The van der Waals surface area contributed by atoms with Gasteiger partial charge in [0, 0.05) is 41.7 Å². The first kappa shape index (κ1) is 22.5. The molecule has 0 amide bonds. The van der Waals surface area contributed by atoms with Gasteiger partial charge in [0.2, 0.25) is 0 Å². The Hall–Kier alpha value is -3.28. The van der Waals surface area contributed by atoms with E-state index in [4.69, 9.17) is 4.98 Å². The van der Waals surface area contributed by atoms with Crippen molar-refractivity contribution in [3.8, 4) is 0 Å². The number of aromatic nitrogens is 1. The molecule has 1 aliphatic carbocycles. The minimum atomic E-state index is -0.546. The van der Waals surface area contributed by atoms with Gasteiger partial charge in [0.05, 0.1) is 11.6 Å². The lowest BCUT2D eigenvalue weighted by molar-refractivity contribution is -0.119. The minimum Gasteiger partial charge on any atom is -0.362 e. The van der Waals surface area contributed by atoms with Gasteiger partial charge in [-0.3, -0.25) is 4.79 Å². The smallest absolute Gasteiger partial charge is 0.164 e. The van der Waals surface area contributed by atoms with Gasteiger partial charge in [-0.05, 0) is 67.5 Å². The molecule has 34 heavy (non-hydrogen) atoms. The van der Waals surface area contributed by atoms with Crippen molar-refractivity contribution in [2.45, 2.75) is 65.5 Å². The highest BCUT2D eigenvalue weighted by Crippen LogP contribution is 2.54. The van der Waals surface area contributed by atoms with Gasteiger partial charge in [-0.1, -0.05) is 32.9 Å². The van der Waals surface area contributed by atoms with Crippen molar-refractivity contribution in [1.29, 1.82) is 0 Å². The number of rotatable bonds is 4. The molecule has 3 heterocycles. The summed E-state index contributed by atoms with van der Waals surface area (Å²) >= 11 is 0. The summed E-state index contributed by atoms with van der Waals surface area (Å²) in [5.74, 6) is 1.13. The predicted octanol–water partition coefficient (Wildman–Crippen LogP) is 6.04. The highest BCUT2D eigenvalue weighted by atomic mass is 16.1. The SMILES string of the molecule is CC[C@@]1(c2cccc(N(C)c3cc(C)cc(C)n3)c2)C2=CN=NC2NC2=C1C(=O)CC(C)(C)C2. The highest BCUT2D eigenvalue weighted by molar-refractivity contribution is 6.01. The van der Waals surface area contributed by atoms with Crippen LogP contribution in [-0.2, 0) is 10.2 Å². The van der Waals surface area contributed by atoms with Gasteiger partial charge >= 0.3 is 0 Å². The van der Waals surface area contributed by atoms with E-state index < -0.39 is 5.41 Å². The van der Waals surface area contributed by atoms with E-state index in [1.165, 1.54) is 5.56 Å². The van der Waals surface area contributed by atoms with Crippen LogP contribution in [0, 0.1) is 19.3 Å². The standard InChI is InChI=1S/C28H33N5O/c1-7-28(19-9-8-10-20(13-19)33(6)24-12-17(2)11-18(3)30-24)21-16-29-32-26(21)31-22-14-27(4,5)15-23(34)25(22)28/h8-13,16,26,31H,7,14-15H2,1-6H3/t26?,28-/m1/s1. The average molecular weight is 456 g/mol. The van der Waals surface area contributed by atoms with Crippen molar-refractivity contribution in [3.63, 3.8) is 0 Å². The van der Waals surface area contributed by atoms with Crippen molar-refractivity contribution in [1.82, 2.24) is 10.3 Å². The zero-order valence-corrected chi connectivity index (χ0v) is 20.9. The van der Waals surface area contributed by atoms with Crippen molar-refractivity contribution in [3.05, 3.63) is 76.3 Å². The lowest BCUT2D eigenvalue weighted by Crippen LogP contribution is -2.51. The first-order valence-corrected chi connectivity index (χ1v) is 12.1. The van der Waals surface area contributed by atoms with Gasteiger partial charge in [-0.2, -0.15) is 10.2 Å². The number of azo groups is 1. The van der Waals surface area contributed by atoms with Crippen LogP contribution in [-0.4, -0.2) is 24.0 Å². The summed E-state index contributed by atoms with van der Waals surface area (Å²) in [6, 6.07) is 12.7. The zero-order valence-electron chi connectivity index (χ0n) is 20.9. The fraction of sp³-hybridized carbons (Fsp3) is 0.429. The van der Waals surface area contributed by atoms with Gasteiger partial charge in [0.25, 0.3) is 0 Å². The average Bonchev–Trinajstić information content (AvgIpc) is 3.24. The summed E-state index contributed by atoms with van der Waals surface area (Å²) in [6.45, 7) is 10.6. The van der Waals surface area contributed by atoms with E-state index in [0.29, 0.717) is 6.42 Å². The number of pyridine rings is 1. The van der Waals surface area contributed by atoms with Gasteiger partial charge in [0.1, 0.15) is 5.82 Å². The third-order valence-electron chi connectivity index (χ3n) is 7.46. The molecule has 1 unspecified atom stereocenters. The monoisotopic (exact) mass is 455 g/mol. The number of Topliss-reactive ketones (excluding diaryl/α,β-unsaturated/α-hetero) is 1. The Kier molecular flexibility index (Phi) is 5.23. The molecule has 2 atom stereocenters. The maximum atomic E-state index is 13.7. The molecule has 0 saturated heterocycles.